The summed E-state index contributed by atoms with van der Waals surface area (Å²) in [6, 6.07) is 13.3. The number of pyridine rings is 1. The maximum absolute atomic E-state index is 11.9. The standard InChI is InChI=1S/C17H21N3O2S/c21-17(19-10-8-15-7-4-9-18-13-15)20-11-12-23(22)14-16-5-2-1-3-6-16/h1-7,9,13H,8,10-12,14H2,(H2,19,20,21)/t23-/m1/s1. The Morgan fingerprint density at radius 2 is 1.74 bits per heavy atom. The number of carbonyl (C=O) groups is 1. The van der Waals surface area contributed by atoms with Gasteiger partial charge in [-0.1, -0.05) is 36.4 Å². The Morgan fingerprint density at radius 3 is 2.48 bits per heavy atom. The minimum absolute atomic E-state index is 0.231. The fourth-order valence-corrected chi connectivity index (χ4v) is 3.08. The zero-order valence-corrected chi connectivity index (χ0v) is 13.7. The first-order chi connectivity index (χ1) is 11.2. The summed E-state index contributed by atoms with van der Waals surface area (Å²) in [7, 11) is -0.974. The van der Waals surface area contributed by atoms with Gasteiger partial charge in [0.15, 0.2) is 0 Å². The molecule has 1 atom stereocenters. The van der Waals surface area contributed by atoms with Crippen molar-refractivity contribution in [3.05, 3.63) is 66.0 Å². The molecule has 0 aliphatic rings. The molecule has 0 fully saturated rings. The minimum atomic E-state index is -0.974. The molecule has 0 spiro atoms. The first kappa shape index (κ1) is 17.1. The summed E-state index contributed by atoms with van der Waals surface area (Å²) in [5.74, 6) is 0.968. The number of nitrogens with zero attached hydrogens (tertiary/aromatic N) is 1. The molecule has 0 unspecified atom stereocenters. The normalized spacial score (nSPS) is 11.7. The van der Waals surface area contributed by atoms with Crippen LogP contribution in [0.15, 0.2) is 54.9 Å². The van der Waals surface area contributed by atoms with Crippen molar-refractivity contribution in [3.8, 4) is 0 Å². The summed E-state index contributed by atoms with van der Waals surface area (Å²) < 4.78 is 11.9. The fraction of sp³-hybridized carbons (Fsp3) is 0.294. The topological polar surface area (TPSA) is 71.1 Å². The van der Waals surface area contributed by atoms with Crippen LogP contribution in [-0.2, 0) is 23.0 Å². The molecule has 122 valence electrons. The van der Waals surface area contributed by atoms with Crippen molar-refractivity contribution in [2.75, 3.05) is 18.8 Å². The number of carbonyl (C=O) groups excluding carboxylic acids is 1. The zero-order valence-electron chi connectivity index (χ0n) is 12.9. The molecule has 2 amide bonds. The fourth-order valence-electron chi connectivity index (χ4n) is 2.04. The largest absolute Gasteiger partial charge is 0.338 e. The van der Waals surface area contributed by atoms with Crippen LogP contribution < -0.4 is 10.6 Å². The molecular formula is C17H21N3O2S. The van der Waals surface area contributed by atoms with E-state index < -0.39 is 10.8 Å². The molecule has 0 aliphatic carbocycles. The van der Waals surface area contributed by atoms with E-state index in [-0.39, 0.29) is 6.03 Å². The highest BCUT2D eigenvalue weighted by Crippen LogP contribution is 2.02. The minimum Gasteiger partial charge on any atom is -0.338 e. The van der Waals surface area contributed by atoms with Gasteiger partial charge < -0.3 is 10.6 Å². The second-order valence-electron chi connectivity index (χ2n) is 5.07. The van der Waals surface area contributed by atoms with Gasteiger partial charge in [0, 0.05) is 47.8 Å². The third-order valence-electron chi connectivity index (χ3n) is 3.21. The van der Waals surface area contributed by atoms with E-state index in [2.05, 4.69) is 15.6 Å². The highest BCUT2D eigenvalue weighted by molar-refractivity contribution is 7.84. The molecule has 0 aliphatic heterocycles. The van der Waals surface area contributed by atoms with E-state index in [1.807, 2.05) is 42.5 Å². The van der Waals surface area contributed by atoms with Gasteiger partial charge in [-0.2, -0.15) is 0 Å². The van der Waals surface area contributed by atoms with Gasteiger partial charge >= 0.3 is 6.03 Å². The summed E-state index contributed by atoms with van der Waals surface area (Å²) in [6.45, 7) is 0.947. The van der Waals surface area contributed by atoms with E-state index in [0.717, 1.165) is 17.5 Å². The number of hydrogen-bond donors (Lipinski definition) is 2. The smallest absolute Gasteiger partial charge is 0.314 e. The number of aromatic nitrogens is 1. The zero-order chi connectivity index (χ0) is 16.3. The number of amides is 2. The Labute approximate surface area is 139 Å². The number of benzene rings is 1. The lowest BCUT2D eigenvalue weighted by atomic mass is 10.2. The van der Waals surface area contributed by atoms with Crippen LogP contribution in [0.25, 0.3) is 0 Å². The molecule has 2 N–H and O–H groups in total. The van der Waals surface area contributed by atoms with Gasteiger partial charge in [-0.05, 0) is 23.6 Å². The maximum Gasteiger partial charge on any atom is 0.314 e. The molecule has 2 rings (SSSR count). The molecule has 1 aromatic carbocycles. The van der Waals surface area contributed by atoms with Crippen molar-refractivity contribution >= 4 is 16.8 Å². The van der Waals surface area contributed by atoms with Crippen molar-refractivity contribution in [2.24, 2.45) is 0 Å². The van der Waals surface area contributed by atoms with Gasteiger partial charge in [0.2, 0.25) is 0 Å². The molecule has 0 bridgehead atoms. The summed E-state index contributed by atoms with van der Waals surface area (Å²) in [4.78, 5) is 15.7. The molecule has 1 heterocycles. The number of rotatable bonds is 8. The third kappa shape index (κ3) is 7.06. The Morgan fingerprint density at radius 1 is 1.00 bits per heavy atom. The van der Waals surface area contributed by atoms with Crippen molar-refractivity contribution in [1.82, 2.24) is 15.6 Å². The Hall–Kier alpha value is -2.21. The highest BCUT2D eigenvalue weighted by Gasteiger charge is 2.04. The molecule has 1 aromatic heterocycles. The van der Waals surface area contributed by atoms with E-state index >= 15 is 0 Å². The highest BCUT2D eigenvalue weighted by atomic mass is 32.2. The summed E-state index contributed by atoms with van der Waals surface area (Å²) in [5, 5.41) is 5.50. The molecule has 0 radical (unpaired) electrons. The first-order valence-electron chi connectivity index (χ1n) is 7.53. The van der Waals surface area contributed by atoms with Gasteiger partial charge in [0.1, 0.15) is 0 Å². The first-order valence-corrected chi connectivity index (χ1v) is 9.02. The molecule has 6 heteroatoms. The van der Waals surface area contributed by atoms with Crippen LogP contribution in [-0.4, -0.2) is 34.1 Å². The molecule has 23 heavy (non-hydrogen) atoms. The van der Waals surface area contributed by atoms with E-state index in [1.165, 1.54) is 0 Å². The molecule has 0 saturated heterocycles. The number of nitrogens with one attached hydrogen (secondary N) is 2. The van der Waals surface area contributed by atoms with Crippen LogP contribution in [0, 0.1) is 0 Å². The monoisotopic (exact) mass is 331 g/mol. The predicted octanol–water partition coefficient (Wildman–Crippen LogP) is 1.87. The van der Waals surface area contributed by atoms with E-state index in [1.54, 1.807) is 12.4 Å². The van der Waals surface area contributed by atoms with Crippen LogP contribution in [0.2, 0.25) is 0 Å². The van der Waals surface area contributed by atoms with Crippen molar-refractivity contribution in [2.45, 2.75) is 12.2 Å². The van der Waals surface area contributed by atoms with Crippen LogP contribution in [0.4, 0.5) is 4.79 Å². The Bertz CT molecular complexity index is 620. The van der Waals surface area contributed by atoms with E-state index in [4.69, 9.17) is 0 Å². The number of urea groups is 1. The molecule has 0 saturated carbocycles. The number of hydrogen-bond acceptors (Lipinski definition) is 3. The van der Waals surface area contributed by atoms with Crippen molar-refractivity contribution in [3.63, 3.8) is 0 Å². The van der Waals surface area contributed by atoms with Crippen LogP contribution in [0.1, 0.15) is 11.1 Å². The second kappa shape index (κ2) is 9.74. The molecular weight excluding hydrogens is 310 g/mol. The van der Waals surface area contributed by atoms with E-state index in [9.17, 15) is 9.00 Å². The maximum atomic E-state index is 11.9. The molecule has 2 aromatic rings. The quantitative estimate of drug-likeness (QED) is 0.776. The second-order valence-corrected chi connectivity index (χ2v) is 6.64. The van der Waals surface area contributed by atoms with Crippen LogP contribution in [0.5, 0.6) is 0 Å². The van der Waals surface area contributed by atoms with E-state index in [0.29, 0.717) is 24.6 Å². The van der Waals surface area contributed by atoms with Gasteiger partial charge in [-0.15, -0.1) is 0 Å². The van der Waals surface area contributed by atoms with Gasteiger partial charge in [0.05, 0.1) is 0 Å². The molecule has 5 nitrogen and oxygen atoms in total. The van der Waals surface area contributed by atoms with Gasteiger partial charge in [-0.3, -0.25) is 9.19 Å². The third-order valence-corrected chi connectivity index (χ3v) is 4.52. The predicted molar refractivity (Wildman–Crippen MR) is 92.5 cm³/mol. The van der Waals surface area contributed by atoms with Gasteiger partial charge in [0.25, 0.3) is 0 Å². The lowest BCUT2D eigenvalue weighted by Gasteiger charge is -2.07. The average Bonchev–Trinajstić information content (AvgIpc) is 2.57. The average molecular weight is 331 g/mol. The Kier molecular flexibility index (Phi) is 7.26. The summed E-state index contributed by atoms with van der Waals surface area (Å²) >= 11 is 0. The van der Waals surface area contributed by atoms with Gasteiger partial charge in [-0.25, -0.2) is 4.79 Å². The summed E-state index contributed by atoms with van der Waals surface area (Å²) in [6.07, 6.45) is 4.24. The van der Waals surface area contributed by atoms with Crippen molar-refractivity contribution in [1.29, 1.82) is 0 Å². The van der Waals surface area contributed by atoms with Crippen LogP contribution >= 0.6 is 0 Å². The Balaban J connectivity index is 1.56. The van der Waals surface area contributed by atoms with Crippen molar-refractivity contribution < 1.29 is 9.00 Å². The lowest BCUT2D eigenvalue weighted by molar-refractivity contribution is 0.241. The summed E-state index contributed by atoms with van der Waals surface area (Å²) in [5.41, 5.74) is 2.13. The SMILES string of the molecule is O=C(NCCc1cccnc1)NCC[S@@](=O)Cc1ccccc1. The van der Waals surface area contributed by atoms with Crippen LogP contribution in [0.3, 0.4) is 0 Å². The lowest BCUT2D eigenvalue weighted by Crippen LogP contribution is -2.38.